The molecule has 4 heterocycles. The predicted octanol–water partition coefficient (Wildman–Crippen LogP) is 1.07. The van der Waals surface area contributed by atoms with Crippen LogP contribution in [0.25, 0.3) is 0 Å². The minimum Gasteiger partial charge on any atom is -0.335 e. The molecule has 29 heavy (non-hydrogen) atoms. The van der Waals surface area contributed by atoms with Crippen molar-refractivity contribution in [3.05, 3.63) is 51.5 Å². The van der Waals surface area contributed by atoms with E-state index in [2.05, 4.69) is 21.3 Å². The summed E-state index contributed by atoms with van der Waals surface area (Å²) >= 11 is 1.39. The lowest BCUT2D eigenvalue weighted by atomic mass is 9.94. The molecule has 152 valence electrons. The molecule has 1 aromatic heterocycles. The summed E-state index contributed by atoms with van der Waals surface area (Å²) in [5.74, 6) is 0.187. The molecule has 0 aliphatic carbocycles. The molecule has 3 aliphatic rings. The number of likely N-dealkylation sites (tertiary alicyclic amines) is 1. The highest BCUT2D eigenvalue weighted by Crippen LogP contribution is 2.24. The number of benzene rings is 1. The summed E-state index contributed by atoms with van der Waals surface area (Å²) in [5.41, 5.74) is 3.32. The Morgan fingerprint density at radius 1 is 1.07 bits per heavy atom. The first-order valence-electron chi connectivity index (χ1n) is 10.2. The number of aromatic nitrogens is 1. The van der Waals surface area contributed by atoms with Crippen LogP contribution in [0.15, 0.2) is 29.8 Å². The number of rotatable bonds is 3. The fraction of sp³-hybridized carbons (Fsp3) is 0.476. The van der Waals surface area contributed by atoms with Crippen molar-refractivity contribution in [3.63, 3.8) is 0 Å². The molecule has 0 radical (unpaired) electrons. The van der Waals surface area contributed by atoms with Crippen molar-refractivity contribution in [1.82, 2.24) is 25.0 Å². The van der Waals surface area contributed by atoms with Gasteiger partial charge in [0.05, 0.1) is 0 Å². The predicted molar refractivity (Wildman–Crippen MR) is 111 cm³/mol. The van der Waals surface area contributed by atoms with E-state index in [1.54, 1.807) is 6.20 Å². The molecule has 0 bridgehead atoms. The number of amides is 2. The second kappa shape index (κ2) is 7.85. The van der Waals surface area contributed by atoms with Crippen LogP contribution in [-0.4, -0.2) is 83.4 Å². The number of hydrogen-bond acceptors (Lipinski definition) is 6. The largest absolute Gasteiger partial charge is 0.335 e. The Bertz CT molecular complexity index is 902. The van der Waals surface area contributed by atoms with Crippen molar-refractivity contribution in [2.45, 2.75) is 19.0 Å². The van der Waals surface area contributed by atoms with Crippen LogP contribution in [-0.2, 0) is 13.0 Å². The zero-order valence-electron chi connectivity index (χ0n) is 16.3. The third-order valence-electron chi connectivity index (χ3n) is 6.26. The normalized spacial score (nSPS) is 20.3. The van der Waals surface area contributed by atoms with E-state index in [4.69, 9.17) is 0 Å². The molecule has 7 nitrogen and oxygen atoms in total. The van der Waals surface area contributed by atoms with Gasteiger partial charge in [0.25, 0.3) is 11.8 Å². The SMILES string of the molecule is O=C(c1nccs1)N1CCN(C2CN(C(=O)c3cccc4c3CNCC4)C2)CC1. The van der Waals surface area contributed by atoms with Gasteiger partial charge in [0.1, 0.15) is 0 Å². The highest BCUT2D eigenvalue weighted by molar-refractivity contribution is 7.11. The number of thiazole rings is 1. The Kier molecular flexibility index (Phi) is 5.07. The van der Waals surface area contributed by atoms with E-state index >= 15 is 0 Å². The average Bonchev–Trinajstić information content (AvgIpc) is 3.27. The molecular weight excluding hydrogens is 386 g/mol. The van der Waals surface area contributed by atoms with Gasteiger partial charge in [-0.1, -0.05) is 12.1 Å². The smallest absolute Gasteiger partial charge is 0.282 e. The summed E-state index contributed by atoms with van der Waals surface area (Å²) in [5, 5.41) is 5.79. The van der Waals surface area contributed by atoms with E-state index in [0.717, 1.165) is 64.3 Å². The van der Waals surface area contributed by atoms with Gasteiger partial charge in [-0.25, -0.2) is 4.98 Å². The molecule has 0 spiro atoms. The number of fused-ring (bicyclic) bond motifs is 1. The first-order chi connectivity index (χ1) is 14.2. The summed E-state index contributed by atoms with van der Waals surface area (Å²) in [7, 11) is 0. The minimum absolute atomic E-state index is 0.0347. The van der Waals surface area contributed by atoms with Crippen molar-refractivity contribution in [2.75, 3.05) is 45.8 Å². The van der Waals surface area contributed by atoms with Crippen LogP contribution >= 0.6 is 11.3 Å². The summed E-state index contributed by atoms with van der Waals surface area (Å²) in [6.07, 6.45) is 2.66. The third-order valence-corrected chi connectivity index (χ3v) is 7.02. The number of nitrogens with one attached hydrogen (secondary N) is 1. The Hall–Kier alpha value is -2.29. The van der Waals surface area contributed by atoms with Crippen LogP contribution in [0.4, 0.5) is 0 Å². The highest BCUT2D eigenvalue weighted by atomic mass is 32.1. The summed E-state index contributed by atoms with van der Waals surface area (Å²) < 4.78 is 0. The fourth-order valence-corrected chi connectivity index (χ4v) is 5.09. The quantitative estimate of drug-likeness (QED) is 0.818. The molecule has 8 heteroatoms. The van der Waals surface area contributed by atoms with E-state index in [-0.39, 0.29) is 11.8 Å². The van der Waals surface area contributed by atoms with Gasteiger partial charge < -0.3 is 15.1 Å². The van der Waals surface area contributed by atoms with Crippen molar-refractivity contribution in [1.29, 1.82) is 0 Å². The summed E-state index contributed by atoms with van der Waals surface area (Å²) in [6.45, 7) is 6.47. The standard InChI is InChI=1S/C21H25N5O2S/c27-20(17-3-1-2-15-4-5-22-12-18(15)17)26-13-16(14-26)24-7-9-25(10-8-24)21(28)19-23-6-11-29-19/h1-3,6,11,16,22H,4-5,7-10,12-14H2. The lowest BCUT2D eigenvalue weighted by Crippen LogP contribution is -2.64. The lowest BCUT2D eigenvalue weighted by molar-refractivity contribution is 0.00846. The van der Waals surface area contributed by atoms with E-state index in [9.17, 15) is 9.59 Å². The first kappa shape index (κ1) is 18.7. The molecule has 3 aliphatic heterocycles. The second-order valence-electron chi connectivity index (χ2n) is 7.90. The average molecular weight is 412 g/mol. The van der Waals surface area contributed by atoms with Crippen LogP contribution in [0.5, 0.6) is 0 Å². The van der Waals surface area contributed by atoms with Crippen molar-refractivity contribution in [2.24, 2.45) is 0 Å². The molecule has 1 aromatic carbocycles. The van der Waals surface area contributed by atoms with E-state index in [1.807, 2.05) is 27.3 Å². The molecule has 0 atom stereocenters. The molecule has 1 N–H and O–H groups in total. The van der Waals surface area contributed by atoms with Gasteiger partial charge in [-0.05, 0) is 30.2 Å². The van der Waals surface area contributed by atoms with E-state index in [1.165, 1.54) is 22.5 Å². The maximum absolute atomic E-state index is 13.0. The topological polar surface area (TPSA) is 68.8 Å². The molecule has 0 unspecified atom stereocenters. The summed E-state index contributed by atoms with van der Waals surface area (Å²) in [4.78, 5) is 35.8. The number of nitrogens with zero attached hydrogens (tertiary/aromatic N) is 4. The minimum atomic E-state index is 0.0347. The van der Waals surface area contributed by atoms with Gasteiger partial charge in [-0.3, -0.25) is 14.5 Å². The second-order valence-corrected chi connectivity index (χ2v) is 8.79. The Balaban J connectivity index is 1.15. The zero-order chi connectivity index (χ0) is 19.8. The first-order valence-corrected chi connectivity index (χ1v) is 11.1. The molecule has 2 saturated heterocycles. The number of carbonyl (C=O) groups is 2. The molecular formula is C21H25N5O2S. The summed E-state index contributed by atoms with van der Waals surface area (Å²) in [6, 6.07) is 6.50. The van der Waals surface area contributed by atoms with Crippen molar-refractivity contribution in [3.8, 4) is 0 Å². The van der Waals surface area contributed by atoms with Gasteiger partial charge >= 0.3 is 0 Å². The zero-order valence-corrected chi connectivity index (χ0v) is 17.2. The number of piperazine rings is 1. The Morgan fingerprint density at radius 3 is 2.66 bits per heavy atom. The van der Waals surface area contributed by atoms with Crippen LogP contribution in [0.3, 0.4) is 0 Å². The maximum atomic E-state index is 13.0. The van der Waals surface area contributed by atoms with Gasteiger partial charge in [0.15, 0.2) is 5.01 Å². The molecule has 2 fully saturated rings. The van der Waals surface area contributed by atoms with Gasteiger partial charge in [0.2, 0.25) is 0 Å². The number of hydrogen-bond donors (Lipinski definition) is 1. The highest BCUT2D eigenvalue weighted by Gasteiger charge is 2.37. The van der Waals surface area contributed by atoms with Crippen LogP contribution < -0.4 is 5.32 Å². The lowest BCUT2D eigenvalue weighted by Gasteiger charge is -2.48. The van der Waals surface area contributed by atoms with Gasteiger partial charge in [-0.15, -0.1) is 11.3 Å². The molecule has 5 rings (SSSR count). The molecule has 2 aromatic rings. The van der Waals surface area contributed by atoms with E-state index < -0.39 is 0 Å². The van der Waals surface area contributed by atoms with Crippen LogP contribution in [0.2, 0.25) is 0 Å². The van der Waals surface area contributed by atoms with Gasteiger partial charge in [-0.2, -0.15) is 0 Å². The number of carbonyl (C=O) groups excluding carboxylic acids is 2. The maximum Gasteiger partial charge on any atom is 0.282 e. The Labute approximate surface area is 174 Å². The van der Waals surface area contributed by atoms with Crippen molar-refractivity contribution >= 4 is 23.2 Å². The van der Waals surface area contributed by atoms with Crippen LogP contribution in [0.1, 0.15) is 31.3 Å². The molecule has 0 saturated carbocycles. The molecule has 2 amide bonds. The van der Waals surface area contributed by atoms with Crippen LogP contribution in [0, 0.1) is 0 Å². The van der Waals surface area contributed by atoms with E-state index in [0.29, 0.717) is 11.0 Å². The Morgan fingerprint density at radius 2 is 1.90 bits per heavy atom. The van der Waals surface area contributed by atoms with Gasteiger partial charge in [0, 0.05) is 69.0 Å². The third kappa shape index (κ3) is 3.56. The monoisotopic (exact) mass is 411 g/mol. The fourth-order valence-electron chi connectivity index (χ4n) is 4.49. The van der Waals surface area contributed by atoms with Crippen molar-refractivity contribution < 1.29 is 9.59 Å².